The molecule has 0 saturated carbocycles. The van der Waals surface area contributed by atoms with Gasteiger partial charge in [0.2, 0.25) is 0 Å². The van der Waals surface area contributed by atoms with E-state index in [1.807, 2.05) is 18.7 Å². The first-order valence-corrected chi connectivity index (χ1v) is 7.61. The van der Waals surface area contributed by atoms with E-state index in [1.165, 1.54) is 11.1 Å². The van der Waals surface area contributed by atoms with Crippen LogP contribution in [-0.2, 0) is 12.8 Å². The summed E-state index contributed by atoms with van der Waals surface area (Å²) in [5.41, 5.74) is 8.66. The molecule has 0 aliphatic carbocycles. The summed E-state index contributed by atoms with van der Waals surface area (Å²) in [6.07, 6.45) is 2.92. The minimum atomic E-state index is -0.547. The van der Waals surface area contributed by atoms with Crippen LogP contribution in [0.2, 0.25) is 0 Å². The summed E-state index contributed by atoms with van der Waals surface area (Å²) in [5, 5.41) is 0. The normalized spacial score (nSPS) is 13.6. The number of anilines is 3. The molecule has 0 atom stereocenters. The molecular formula is C17H22N2O2. The summed E-state index contributed by atoms with van der Waals surface area (Å²) in [6.45, 7) is 6.84. The average Bonchev–Trinajstić information content (AvgIpc) is 2.56. The van der Waals surface area contributed by atoms with E-state index in [9.17, 15) is 9.59 Å². The smallest absolute Gasteiger partial charge is 0.253 e. The van der Waals surface area contributed by atoms with Gasteiger partial charge >= 0.3 is 0 Å². The summed E-state index contributed by atoms with van der Waals surface area (Å²) in [5.74, 6) is 0. The van der Waals surface area contributed by atoms with Crippen LogP contribution in [0.15, 0.2) is 27.8 Å². The molecule has 0 unspecified atom stereocenters. The lowest BCUT2D eigenvalue weighted by Crippen LogP contribution is -2.42. The molecule has 2 aromatic rings. The fourth-order valence-corrected chi connectivity index (χ4v) is 2.74. The molecule has 1 aliphatic rings. The van der Waals surface area contributed by atoms with Crippen molar-refractivity contribution in [2.45, 2.75) is 40.0 Å². The fourth-order valence-electron chi connectivity index (χ4n) is 2.74. The minimum Gasteiger partial charge on any atom is -0.394 e. The number of benzene rings is 1. The molecule has 21 heavy (non-hydrogen) atoms. The van der Waals surface area contributed by atoms with E-state index in [4.69, 9.17) is 5.73 Å². The number of aryl methyl sites for hydroxylation is 2. The summed E-state index contributed by atoms with van der Waals surface area (Å²) < 4.78 is 0. The van der Waals surface area contributed by atoms with Gasteiger partial charge in [-0.3, -0.25) is 9.59 Å². The van der Waals surface area contributed by atoms with Crippen LogP contribution in [0.4, 0.5) is 17.1 Å². The van der Waals surface area contributed by atoms with Gasteiger partial charge in [-0.25, -0.2) is 0 Å². The molecule has 0 spiro atoms. The van der Waals surface area contributed by atoms with Crippen molar-refractivity contribution >= 4 is 17.1 Å². The molecule has 4 nitrogen and oxygen atoms in total. The van der Waals surface area contributed by atoms with Crippen LogP contribution in [0.1, 0.15) is 38.3 Å². The number of nitrogen functional groups attached to an aromatic ring is 1. The van der Waals surface area contributed by atoms with E-state index in [2.05, 4.69) is 25.1 Å². The zero-order valence-electron chi connectivity index (χ0n) is 12.9. The molecule has 2 aromatic carbocycles. The maximum atomic E-state index is 11.7. The standard InChI is InChI=1S/C15H16N2O2.C2H6/c1-2-9-5-6-10-4-3-7-17(11(10)8-9)13-12(16)14(18)15(13)19;1-2/h5-6,8H,2-4,7,16H2,1H3;1-2H3. The van der Waals surface area contributed by atoms with Gasteiger partial charge in [0.25, 0.3) is 10.9 Å². The van der Waals surface area contributed by atoms with Crippen LogP contribution in [-0.4, -0.2) is 6.54 Å². The monoisotopic (exact) mass is 286 g/mol. The van der Waals surface area contributed by atoms with Crippen LogP contribution in [0.25, 0.3) is 0 Å². The number of nitrogens with zero attached hydrogens (tertiary/aromatic N) is 1. The second kappa shape index (κ2) is 6.12. The number of fused-ring (bicyclic) bond motifs is 1. The Kier molecular flexibility index (Phi) is 4.46. The fraction of sp³-hybridized carbons (Fsp3) is 0.412. The van der Waals surface area contributed by atoms with Crippen molar-refractivity contribution in [3.05, 3.63) is 49.8 Å². The van der Waals surface area contributed by atoms with Gasteiger partial charge in [0.05, 0.1) is 0 Å². The Morgan fingerprint density at radius 1 is 1.19 bits per heavy atom. The Morgan fingerprint density at radius 2 is 1.90 bits per heavy atom. The van der Waals surface area contributed by atoms with Crippen LogP contribution < -0.4 is 21.5 Å². The van der Waals surface area contributed by atoms with Crippen molar-refractivity contribution in [2.75, 3.05) is 17.2 Å². The second-order valence-corrected chi connectivity index (χ2v) is 4.99. The number of hydrogen-bond acceptors (Lipinski definition) is 4. The van der Waals surface area contributed by atoms with E-state index in [1.54, 1.807) is 0 Å². The first kappa shape index (κ1) is 15.3. The zero-order chi connectivity index (χ0) is 15.6. The van der Waals surface area contributed by atoms with Crippen molar-refractivity contribution in [1.82, 2.24) is 0 Å². The summed E-state index contributed by atoms with van der Waals surface area (Å²) in [7, 11) is 0. The van der Waals surface area contributed by atoms with Gasteiger partial charge in [-0.05, 0) is 36.5 Å². The van der Waals surface area contributed by atoms with E-state index < -0.39 is 10.9 Å². The predicted octanol–water partition coefficient (Wildman–Crippen LogP) is 2.54. The topological polar surface area (TPSA) is 63.4 Å². The first-order chi connectivity index (χ1) is 10.1. The quantitative estimate of drug-likeness (QED) is 0.862. The Hall–Kier alpha value is -2.10. The number of nitrogens with two attached hydrogens (primary N) is 1. The average molecular weight is 286 g/mol. The van der Waals surface area contributed by atoms with Gasteiger partial charge in [-0.1, -0.05) is 32.9 Å². The van der Waals surface area contributed by atoms with Crippen LogP contribution >= 0.6 is 0 Å². The predicted molar refractivity (Wildman–Crippen MR) is 88.3 cm³/mol. The Bertz CT molecular complexity index is 712. The molecule has 0 fully saturated rings. The van der Waals surface area contributed by atoms with Crippen LogP contribution in [0.5, 0.6) is 0 Å². The largest absolute Gasteiger partial charge is 0.394 e. The Balaban J connectivity index is 0.000000774. The van der Waals surface area contributed by atoms with Crippen molar-refractivity contribution in [2.24, 2.45) is 0 Å². The Morgan fingerprint density at radius 3 is 2.52 bits per heavy atom. The summed E-state index contributed by atoms with van der Waals surface area (Å²) in [4.78, 5) is 24.9. The zero-order valence-corrected chi connectivity index (χ0v) is 12.9. The molecule has 3 rings (SSSR count). The SMILES string of the molecule is CC.CCc1ccc2c(c1)N(c1c(N)c(=O)c1=O)CCC2. The van der Waals surface area contributed by atoms with Crippen molar-refractivity contribution in [1.29, 1.82) is 0 Å². The molecular weight excluding hydrogens is 264 g/mol. The summed E-state index contributed by atoms with van der Waals surface area (Å²) in [6, 6.07) is 6.33. The van der Waals surface area contributed by atoms with Crippen molar-refractivity contribution in [3.8, 4) is 0 Å². The summed E-state index contributed by atoms with van der Waals surface area (Å²) >= 11 is 0. The van der Waals surface area contributed by atoms with Gasteiger partial charge in [-0.2, -0.15) is 0 Å². The van der Waals surface area contributed by atoms with E-state index in [0.29, 0.717) is 5.69 Å². The maximum absolute atomic E-state index is 11.7. The van der Waals surface area contributed by atoms with Gasteiger partial charge in [-0.15, -0.1) is 0 Å². The van der Waals surface area contributed by atoms with Crippen molar-refractivity contribution < 1.29 is 0 Å². The molecule has 0 aromatic heterocycles. The van der Waals surface area contributed by atoms with Gasteiger partial charge in [0, 0.05) is 12.2 Å². The first-order valence-electron chi connectivity index (χ1n) is 7.61. The van der Waals surface area contributed by atoms with Crippen molar-refractivity contribution in [3.63, 3.8) is 0 Å². The van der Waals surface area contributed by atoms with E-state index >= 15 is 0 Å². The van der Waals surface area contributed by atoms with Gasteiger partial charge in [0.1, 0.15) is 11.4 Å². The maximum Gasteiger partial charge on any atom is 0.253 e. The molecule has 0 saturated heterocycles. The molecule has 112 valence electrons. The highest BCUT2D eigenvalue weighted by Gasteiger charge is 2.28. The third kappa shape index (κ3) is 2.46. The van der Waals surface area contributed by atoms with Crippen LogP contribution in [0.3, 0.4) is 0 Å². The molecule has 1 heterocycles. The second-order valence-electron chi connectivity index (χ2n) is 4.99. The highest BCUT2D eigenvalue weighted by atomic mass is 16.2. The lowest BCUT2D eigenvalue weighted by molar-refractivity contribution is 0.762. The third-order valence-electron chi connectivity index (χ3n) is 3.87. The highest BCUT2D eigenvalue weighted by Crippen LogP contribution is 2.35. The van der Waals surface area contributed by atoms with Crippen LogP contribution in [0, 0.1) is 0 Å². The number of hydrogen-bond donors (Lipinski definition) is 1. The van der Waals surface area contributed by atoms with Gasteiger partial charge < -0.3 is 10.6 Å². The lowest BCUT2D eigenvalue weighted by Gasteiger charge is -2.32. The molecule has 2 N–H and O–H groups in total. The Labute approximate surface area is 124 Å². The highest BCUT2D eigenvalue weighted by molar-refractivity contribution is 5.80. The van der Waals surface area contributed by atoms with E-state index in [-0.39, 0.29) is 5.69 Å². The molecule has 0 radical (unpaired) electrons. The minimum absolute atomic E-state index is 0.111. The number of rotatable bonds is 2. The van der Waals surface area contributed by atoms with E-state index in [0.717, 1.165) is 31.5 Å². The third-order valence-corrected chi connectivity index (χ3v) is 3.87. The molecule has 0 amide bonds. The molecule has 4 heteroatoms. The van der Waals surface area contributed by atoms with Gasteiger partial charge in [0.15, 0.2) is 0 Å². The lowest BCUT2D eigenvalue weighted by atomic mass is 9.97. The molecule has 0 bridgehead atoms. The molecule has 1 aliphatic heterocycles.